The number of anilines is 1. The van der Waals surface area contributed by atoms with Crippen molar-refractivity contribution >= 4 is 41.7 Å². The van der Waals surface area contributed by atoms with Crippen LogP contribution in [0.3, 0.4) is 0 Å². The summed E-state index contributed by atoms with van der Waals surface area (Å²) in [6.07, 6.45) is -0.649. The van der Waals surface area contributed by atoms with Crippen molar-refractivity contribution in [1.29, 1.82) is 0 Å². The van der Waals surface area contributed by atoms with Gasteiger partial charge in [-0.3, -0.25) is 9.59 Å². The molecule has 2 N–H and O–H groups in total. The van der Waals surface area contributed by atoms with Gasteiger partial charge in [0.15, 0.2) is 13.9 Å². The predicted octanol–water partition coefficient (Wildman–Crippen LogP) is 5.20. The molecule has 9 heteroatoms. The second-order valence-corrected chi connectivity index (χ2v) is 16.5. The molecular weight excluding hydrogens is 600 g/mol. The molecule has 216 valence electrons. The van der Waals surface area contributed by atoms with Gasteiger partial charge in [-0.2, -0.15) is 0 Å². The van der Waals surface area contributed by atoms with Gasteiger partial charge in [-0.05, 0) is 42.4 Å². The third-order valence-electron chi connectivity index (χ3n) is 8.44. The van der Waals surface area contributed by atoms with Crippen LogP contribution in [0.4, 0.5) is 5.69 Å². The van der Waals surface area contributed by atoms with E-state index in [2.05, 4.69) is 15.9 Å². The molecule has 0 aromatic heterocycles. The Morgan fingerprint density at radius 1 is 1.05 bits per heavy atom. The van der Waals surface area contributed by atoms with Gasteiger partial charge in [-0.25, -0.2) is 0 Å². The Balaban J connectivity index is 1.50. The van der Waals surface area contributed by atoms with Gasteiger partial charge in [0.05, 0.1) is 31.4 Å². The van der Waals surface area contributed by atoms with Crippen molar-refractivity contribution in [3.8, 4) is 0 Å². The molecule has 3 aromatic carbocycles. The van der Waals surface area contributed by atoms with Crippen molar-refractivity contribution in [2.24, 2.45) is 5.92 Å². The molecule has 2 amide bonds. The minimum absolute atomic E-state index is 0.00980. The number of halogens is 1. The molecule has 0 bridgehead atoms. The Morgan fingerprint density at radius 3 is 2.29 bits per heavy atom. The third kappa shape index (κ3) is 5.66. The summed E-state index contributed by atoms with van der Waals surface area (Å²) in [6, 6.07) is 25.3. The van der Waals surface area contributed by atoms with Gasteiger partial charge in [-0.15, -0.1) is 0 Å². The van der Waals surface area contributed by atoms with Crippen LogP contribution in [0.25, 0.3) is 0 Å². The van der Waals surface area contributed by atoms with Crippen molar-refractivity contribution < 1.29 is 24.2 Å². The monoisotopic (exact) mass is 636 g/mol. The van der Waals surface area contributed by atoms with Crippen molar-refractivity contribution in [3.63, 3.8) is 0 Å². The first kappa shape index (κ1) is 29.7. The zero-order valence-corrected chi connectivity index (χ0v) is 26.3. The van der Waals surface area contributed by atoms with E-state index < -0.39 is 20.0 Å². The molecule has 3 aromatic rings. The van der Waals surface area contributed by atoms with Crippen LogP contribution < -0.4 is 4.90 Å². The molecule has 2 heterocycles. The maximum Gasteiger partial charge on any atom is 0.264 e. The molecular formula is C32H37BrN2O5Si. The predicted molar refractivity (Wildman–Crippen MR) is 165 cm³/mol. The lowest BCUT2D eigenvalue weighted by Gasteiger charge is -2.32. The van der Waals surface area contributed by atoms with E-state index in [0.717, 1.165) is 26.9 Å². The van der Waals surface area contributed by atoms with Gasteiger partial charge >= 0.3 is 0 Å². The highest BCUT2D eigenvalue weighted by Gasteiger charge is 2.66. The molecule has 4 atom stereocenters. The SMILES string of the molecule is C[C@@H]1[C@@H]([Si](C)(C)O)[C@H](CC(=O)N(CCO)Cc2ccccc2)O[C@@]12C(=O)N(Cc1ccccc1)c1ccc(Br)cc12. The number of fused-ring (bicyclic) bond motifs is 2. The highest BCUT2D eigenvalue weighted by Crippen LogP contribution is 2.60. The maximum atomic E-state index is 14.5. The summed E-state index contributed by atoms with van der Waals surface area (Å²) in [6.45, 7) is 6.45. The van der Waals surface area contributed by atoms with Gasteiger partial charge < -0.3 is 24.4 Å². The molecule has 5 rings (SSSR count). The molecule has 0 unspecified atom stereocenters. The van der Waals surface area contributed by atoms with E-state index in [1.165, 1.54) is 0 Å². The number of rotatable bonds is 9. The van der Waals surface area contributed by atoms with Crippen LogP contribution in [0.15, 0.2) is 83.3 Å². The fraction of sp³-hybridized carbons (Fsp3) is 0.375. The molecule has 0 saturated carbocycles. The highest BCUT2D eigenvalue weighted by molar-refractivity contribution is 9.10. The lowest BCUT2D eigenvalue weighted by Crippen LogP contribution is -2.46. The maximum absolute atomic E-state index is 14.5. The fourth-order valence-electron chi connectivity index (χ4n) is 6.69. The van der Waals surface area contributed by atoms with Gasteiger partial charge in [0, 0.05) is 34.6 Å². The molecule has 7 nitrogen and oxygen atoms in total. The Kier molecular flexibility index (Phi) is 8.55. The van der Waals surface area contributed by atoms with Crippen LogP contribution >= 0.6 is 15.9 Å². The lowest BCUT2D eigenvalue weighted by atomic mass is 9.82. The van der Waals surface area contributed by atoms with Crippen molar-refractivity contribution in [2.75, 3.05) is 18.1 Å². The first-order chi connectivity index (χ1) is 19.6. The second-order valence-electron chi connectivity index (χ2n) is 11.6. The molecule has 0 aliphatic carbocycles. The molecule has 2 aliphatic heterocycles. The zero-order valence-electron chi connectivity index (χ0n) is 23.7. The number of carbonyl (C=O) groups excluding carboxylic acids is 2. The molecule has 0 radical (unpaired) electrons. The van der Waals surface area contributed by atoms with E-state index in [4.69, 9.17) is 4.74 Å². The highest BCUT2D eigenvalue weighted by atomic mass is 79.9. The number of hydrogen-bond donors (Lipinski definition) is 2. The van der Waals surface area contributed by atoms with Crippen LogP contribution in [0.5, 0.6) is 0 Å². The molecule has 2 aliphatic rings. The first-order valence-corrected chi connectivity index (χ1v) is 17.9. The average Bonchev–Trinajstić information content (AvgIpc) is 3.36. The summed E-state index contributed by atoms with van der Waals surface area (Å²) >= 11 is 3.59. The topological polar surface area (TPSA) is 90.3 Å². The largest absolute Gasteiger partial charge is 0.432 e. The lowest BCUT2D eigenvalue weighted by molar-refractivity contribution is -0.150. The van der Waals surface area contributed by atoms with E-state index in [1.54, 1.807) is 9.80 Å². The number of amides is 2. The van der Waals surface area contributed by atoms with E-state index in [-0.39, 0.29) is 42.8 Å². The summed E-state index contributed by atoms with van der Waals surface area (Å²) in [5.41, 5.74) is 1.81. The summed E-state index contributed by atoms with van der Waals surface area (Å²) in [4.78, 5) is 43.2. The second kappa shape index (κ2) is 11.8. The van der Waals surface area contributed by atoms with Crippen LogP contribution in [-0.2, 0) is 33.0 Å². The Hall–Kier alpha value is -2.82. The van der Waals surface area contributed by atoms with Crippen molar-refractivity contribution in [2.45, 2.75) is 56.8 Å². The smallest absolute Gasteiger partial charge is 0.264 e. The van der Waals surface area contributed by atoms with Crippen LogP contribution in [0.1, 0.15) is 30.0 Å². The van der Waals surface area contributed by atoms with Crippen molar-refractivity contribution in [3.05, 3.63) is 100 Å². The zero-order chi connectivity index (χ0) is 29.4. The Labute approximate surface area is 251 Å². The molecule has 1 spiro atoms. The normalized spacial score (nSPS) is 23.7. The molecule has 41 heavy (non-hydrogen) atoms. The van der Waals surface area contributed by atoms with Gasteiger partial charge in [-0.1, -0.05) is 83.5 Å². The van der Waals surface area contributed by atoms with Gasteiger partial charge in [0.2, 0.25) is 5.91 Å². The summed E-state index contributed by atoms with van der Waals surface area (Å²) in [5, 5.41) is 9.72. The number of aliphatic hydroxyl groups is 1. The molecule has 1 saturated heterocycles. The standard InChI is InChI=1S/C32H37BrN2O5Si/c1-22-30(41(2,3)39)28(19-29(37)34(16-17-36)20-23-10-6-4-7-11-23)40-32(22)26-18-25(33)14-15-27(26)35(31(32)38)21-24-12-8-5-9-13-24/h4-15,18,22,28,30,36,39H,16-17,19-21H2,1-3H3/t22-,28+,30-,32+/m1/s1. The average molecular weight is 638 g/mol. The number of nitrogens with zero attached hydrogens (tertiary/aromatic N) is 2. The molecule has 1 fully saturated rings. The quantitative estimate of drug-likeness (QED) is 0.315. The Bertz CT molecular complexity index is 1400. The number of aliphatic hydroxyl groups excluding tert-OH is 1. The van der Waals surface area contributed by atoms with E-state index >= 15 is 0 Å². The first-order valence-electron chi connectivity index (χ1n) is 14.0. The third-order valence-corrected chi connectivity index (χ3v) is 11.4. The number of benzene rings is 3. The van der Waals surface area contributed by atoms with Gasteiger partial charge in [0.1, 0.15) is 0 Å². The van der Waals surface area contributed by atoms with E-state index in [9.17, 15) is 19.5 Å². The van der Waals surface area contributed by atoms with Crippen molar-refractivity contribution in [1.82, 2.24) is 4.90 Å². The van der Waals surface area contributed by atoms with Crippen LogP contribution in [0.2, 0.25) is 18.6 Å². The minimum atomic E-state index is -2.93. The Morgan fingerprint density at radius 2 is 1.68 bits per heavy atom. The van der Waals surface area contributed by atoms with Crippen LogP contribution in [0, 0.1) is 5.92 Å². The number of hydrogen-bond acceptors (Lipinski definition) is 5. The van der Waals surface area contributed by atoms with Crippen LogP contribution in [-0.4, -0.2) is 54.2 Å². The summed E-state index contributed by atoms with van der Waals surface area (Å²) in [7, 11) is -2.93. The van der Waals surface area contributed by atoms with E-state index in [0.29, 0.717) is 13.1 Å². The minimum Gasteiger partial charge on any atom is -0.432 e. The van der Waals surface area contributed by atoms with E-state index in [1.807, 2.05) is 98.9 Å². The fourth-order valence-corrected chi connectivity index (χ4v) is 9.61. The summed E-state index contributed by atoms with van der Waals surface area (Å²) < 4.78 is 7.65. The van der Waals surface area contributed by atoms with Gasteiger partial charge in [0.25, 0.3) is 5.91 Å². The number of ether oxygens (including phenoxy) is 1. The number of carbonyl (C=O) groups is 2. The summed E-state index contributed by atoms with van der Waals surface area (Å²) in [5.74, 6) is -0.716.